The van der Waals surface area contributed by atoms with E-state index < -0.39 is 4.92 Å². The molecule has 0 N–H and O–H groups in total. The Balaban J connectivity index is 3.10. The van der Waals surface area contributed by atoms with E-state index in [0.29, 0.717) is 4.47 Å². The molecule has 13 heavy (non-hydrogen) atoms. The Labute approximate surface area is 82.5 Å². The largest absolute Gasteiger partial charge is 0.330 e. The van der Waals surface area contributed by atoms with Gasteiger partial charge >= 0.3 is 5.69 Å². The van der Waals surface area contributed by atoms with Gasteiger partial charge in [0.2, 0.25) is 5.75 Å². The highest BCUT2D eigenvalue weighted by molar-refractivity contribution is 9.10. The summed E-state index contributed by atoms with van der Waals surface area (Å²) in [5.41, 5.74) is -0.142. The number of benzene rings is 1. The van der Waals surface area contributed by atoms with Gasteiger partial charge in [-0.05, 0) is 12.1 Å². The van der Waals surface area contributed by atoms with Crippen LogP contribution in [-0.2, 0) is 4.89 Å². The summed E-state index contributed by atoms with van der Waals surface area (Å²) in [6.07, 6.45) is 0. The first-order chi connectivity index (χ1) is 6.15. The summed E-state index contributed by atoms with van der Waals surface area (Å²) in [5.74, 6) is 0.0794. The summed E-state index contributed by atoms with van der Waals surface area (Å²) in [5, 5.41) is 10.5. The third kappa shape index (κ3) is 2.40. The molecule has 1 rings (SSSR count). The molecule has 0 aliphatic heterocycles. The monoisotopic (exact) mass is 247 g/mol. The Morgan fingerprint density at radius 3 is 2.77 bits per heavy atom. The SMILES string of the molecule is COOc1ccc(Br)cc1[N+](=O)[O-]. The second kappa shape index (κ2) is 4.20. The third-order valence-electron chi connectivity index (χ3n) is 1.29. The van der Waals surface area contributed by atoms with Gasteiger partial charge in [0.25, 0.3) is 0 Å². The van der Waals surface area contributed by atoms with Crippen molar-refractivity contribution in [2.75, 3.05) is 7.11 Å². The predicted octanol–water partition coefficient (Wildman–Crippen LogP) is 2.30. The van der Waals surface area contributed by atoms with Crippen LogP contribution in [0.2, 0.25) is 0 Å². The lowest BCUT2D eigenvalue weighted by molar-refractivity contribution is -0.388. The van der Waals surface area contributed by atoms with Crippen LogP contribution in [0.5, 0.6) is 5.75 Å². The second-order valence-corrected chi connectivity index (χ2v) is 3.03. The first-order valence-electron chi connectivity index (χ1n) is 3.29. The molecule has 70 valence electrons. The lowest BCUT2D eigenvalue weighted by Gasteiger charge is -2.01. The van der Waals surface area contributed by atoms with Gasteiger partial charge in [-0.25, -0.2) is 0 Å². The van der Waals surface area contributed by atoms with Gasteiger partial charge in [0.05, 0.1) is 12.0 Å². The number of halogens is 1. The van der Waals surface area contributed by atoms with E-state index in [1.54, 1.807) is 6.07 Å². The maximum atomic E-state index is 10.5. The van der Waals surface area contributed by atoms with Gasteiger partial charge in [-0.1, -0.05) is 15.9 Å². The molecular formula is C7H6BrNO4. The normalized spacial score (nSPS) is 9.69. The van der Waals surface area contributed by atoms with E-state index in [1.807, 2.05) is 0 Å². The molecular weight excluding hydrogens is 242 g/mol. The van der Waals surface area contributed by atoms with Crippen molar-refractivity contribution in [2.45, 2.75) is 0 Å². The lowest BCUT2D eigenvalue weighted by Crippen LogP contribution is -1.96. The molecule has 0 aliphatic rings. The van der Waals surface area contributed by atoms with E-state index in [4.69, 9.17) is 0 Å². The maximum absolute atomic E-state index is 10.5. The molecule has 5 nitrogen and oxygen atoms in total. The molecule has 0 amide bonds. The molecule has 0 bridgehead atoms. The standard InChI is InChI=1S/C7H6BrNO4/c1-12-13-7-3-2-5(8)4-6(7)9(10)11/h2-4H,1H3. The van der Waals surface area contributed by atoms with Crippen molar-refractivity contribution >= 4 is 21.6 Å². The Morgan fingerprint density at radius 2 is 2.23 bits per heavy atom. The molecule has 0 unspecified atom stereocenters. The molecule has 0 heterocycles. The highest BCUT2D eigenvalue weighted by Gasteiger charge is 2.15. The fraction of sp³-hybridized carbons (Fsp3) is 0.143. The number of rotatable bonds is 3. The summed E-state index contributed by atoms with van der Waals surface area (Å²) >= 11 is 3.11. The van der Waals surface area contributed by atoms with Crippen molar-refractivity contribution < 1.29 is 14.7 Å². The molecule has 0 atom stereocenters. The van der Waals surface area contributed by atoms with E-state index in [1.165, 1.54) is 19.2 Å². The van der Waals surface area contributed by atoms with Crippen LogP contribution < -0.4 is 4.89 Å². The first-order valence-corrected chi connectivity index (χ1v) is 4.09. The fourth-order valence-electron chi connectivity index (χ4n) is 0.793. The average molecular weight is 248 g/mol. The highest BCUT2D eigenvalue weighted by Crippen LogP contribution is 2.29. The molecule has 0 fully saturated rings. The number of nitro groups is 1. The highest BCUT2D eigenvalue weighted by atomic mass is 79.9. The van der Waals surface area contributed by atoms with Crippen LogP contribution in [0.3, 0.4) is 0 Å². The maximum Gasteiger partial charge on any atom is 0.316 e. The summed E-state index contributed by atoms with van der Waals surface area (Å²) < 4.78 is 0.614. The summed E-state index contributed by atoms with van der Waals surface area (Å²) in [6, 6.07) is 4.42. The van der Waals surface area contributed by atoms with E-state index >= 15 is 0 Å². The Morgan fingerprint density at radius 1 is 1.54 bits per heavy atom. The summed E-state index contributed by atoms with van der Waals surface area (Å²) in [4.78, 5) is 18.9. The molecule has 0 saturated carbocycles. The van der Waals surface area contributed by atoms with Crippen molar-refractivity contribution in [3.05, 3.63) is 32.8 Å². The van der Waals surface area contributed by atoms with Crippen LogP contribution in [0.25, 0.3) is 0 Å². The van der Waals surface area contributed by atoms with Crippen LogP contribution in [0.15, 0.2) is 22.7 Å². The average Bonchev–Trinajstić information content (AvgIpc) is 2.08. The van der Waals surface area contributed by atoms with Gasteiger partial charge in [-0.15, -0.1) is 0 Å². The van der Waals surface area contributed by atoms with Gasteiger partial charge in [-0.3, -0.25) is 10.1 Å². The van der Waals surface area contributed by atoms with Crippen LogP contribution in [0, 0.1) is 10.1 Å². The third-order valence-corrected chi connectivity index (χ3v) is 1.78. The smallest absolute Gasteiger partial charge is 0.316 e. The van der Waals surface area contributed by atoms with Crippen LogP contribution in [0.4, 0.5) is 5.69 Å². The Bertz CT molecular complexity index is 328. The van der Waals surface area contributed by atoms with Gasteiger partial charge in [-0.2, -0.15) is 4.89 Å². The number of hydrogen-bond donors (Lipinski definition) is 0. The number of hydrogen-bond acceptors (Lipinski definition) is 4. The van der Waals surface area contributed by atoms with E-state index in [-0.39, 0.29) is 11.4 Å². The Hall–Kier alpha value is -1.14. The zero-order chi connectivity index (χ0) is 9.84. The van der Waals surface area contributed by atoms with E-state index in [2.05, 4.69) is 25.7 Å². The van der Waals surface area contributed by atoms with Crippen LogP contribution in [-0.4, -0.2) is 12.0 Å². The van der Waals surface area contributed by atoms with Crippen molar-refractivity contribution in [1.29, 1.82) is 0 Å². The molecule has 0 aliphatic carbocycles. The summed E-state index contributed by atoms with van der Waals surface area (Å²) in [7, 11) is 1.28. The van der Waals surface area contributed by atoms with Crippen LogP contribution in [0.1, 0.15) is 0 Å². The molecule has 1 aromatic rings. The molecule has 0 spiro atoms. The first kappa shape index (κ1) is 9.94. The molecule has 6 heteroatoms. The topological polar surface area (TPSA) is 61.6 Å². The predicted molar refractivity (Wildman–Crippen MR) is 48.4 cm³/mol. The number of nitro benzene ring substituents is 1. The minimum absolute atomic E-state index is 0.0794. The van der Waals surface area contributed by atoms with Gasteiger partial charge in [0.15, 0.2) is 0 Å². The molecule has 1 aromatic carbocycles. The van der Waals surface area contributed by atoms with E-state index in [0.717, 1.165) is 0 Å². The molecule has 0 aromatic heterocycles. The zero-order valence-corrected chi connectivity index (χ0v) is 8.28. The van der Waals surface area contributed by atoms with Gasteiger partial charge in [0, 0.05) is 10.5 Å². The van der Waals surface area contributed by atoms with Gasteiger partial charge in [0.1, 0.15) is 0 Å². The lowest BCUT2D eigenvalue weighted by atomic mass is 10.3. The molecule has 0 saturated heterocycles. The minimum atomic E-state index is -0.543. The Kier molecular flexibility index (Phi) is 3.21. The van der Waals surface area contributed by atoms with Crippen molar-refractivity contribution in [1.82, 2.24) is 0 Å². The second-order valence-electron chi connectivity index (χ2n) is 2.12. The van der Waals surface area contributed by atoms with Gasteiger partial charge < -0.3 is 4.89 Å². The fourth-order valence-corrected chi connectivity index (χ4v) is 1.14. The molecule has 0 radical (unpaired) electrons. The minimum Gasteiger partial charge on any atom is -0.330 e. The van der Waals surface area contributed by atoms with Crippen molar-refractivity contribution in [3.8, 4) is 5.75 Å². The van der Waals surface area contributed by atoms with Crippen molar-refractivity contribution in [3.63, 3.8) is 0 Å². The zero-order valence-electron chi connectivity index (χ0n) is 6.69. The summed E-state index contributed by atoms with van der Waals surface area (Å²) in [6.45, 7) is 0. The quantitative estimate of drug-likeness (QED) is 0.467. The van der Waals surface area contributed by atoms with Crippen molar-refractivity contribution in [2.24, 2.45) is 0 Å². The van der Waals surface area contributed by atoms with Crippen LogP contribution >= 0.6 is 15.9 Å². The number of nitrogens with zero attached hydrogens (tertiary/aromatic N) is 1. The van der Waals surface area contributed by atoms with E-state index in [9.17, 15) is 10.1 Å².